The average molecular weight is 338 g/mol. The maximum Gasteiger partial charge on any atom is 0.257 e. The van der Waals surface area contributed by atoms with E-state index in [1.54, 1.807) is 7.11 Å². The highest BCUT2D eigenvalue weighted by Gasteiger charge is 2.24. The lowest BCUT2D eigenvalue weighted by molar-refractivity contribution is 0.0625. The lowest BCUT2D eigenvalue weighted by Crippen LogP contribution is -2.48. The molecule has 0 aromatic heterocycles. The number of amides is 1. The van der Waals surface area contributed by atoms with Crippen molar-refractivity contribution in [3.05, 3.63) is 64.7 Å². The van der Waals surface area contributed by atoms with Gasteiger partial charge in [0.15, 0.2) is 0 Å². The molecule has 1 fully saturated rings. The van der Waals surface area contributed by atoms with Gasteiger partial charge < -0.3 is 9.64 Å². The molecule has 0 aliphatic carbocycles. The van der Waals surface area contributed by atoms with Gasteiger partial charge in [-0.25, -0.2) is 0 Å². The SMILES string of the molecule is COc1ccc(C)cc1C(=O)N1CCN(Cc2ccccc2C)CC1. The van der Waals surface area contributed by atoms with Gasteiger partial charge in [0.2, 0.25) is 0 Å². The Labute approximate surface area is 150 Å². The van der Waals surface area contributed by atoms with Gasteiger partial charge in [0.05, 0.1) is 12.7 Å². The number of aryl methyl sites for hydroxylation is 2. The van der Waals surface area contributed by atoms with Gasteiger partial charge in [-0.2, -0.15) is 0 Å². The first-order valence-electron chi connectivity index (χ1n) is 8.79. The van der Waals surface area contributed by atoms with E-state index in [-0.39, 0.29) is 5.91 Å². The van der Waals surface area contributed by atoms with E-state index in [4.69, 9.17) is 4.74 Å². The number of rotatable bonds is 4. The van der Waals surface area contributed by atoms with Crippen LogP contribution in [0.15, 0.2) is 42.5 Å². The highest BCUT2D eigenvalue weighted by molar-refractivity contribution is 5.97. The Kier molecular flexibility index (Phi) is 5.39. The van der Waals surface area contributed by atoms with Crippen LogP contribution in [-0.4, -0.2) is 49.0 Å². The first-order chi connectivity index (χ1) is 12.1. The molecule has 0 bridgehead atoms. The molecule has 132 valence electrons. The fraction of sp³-hybridized carbons (Fsp3) is 0.381. The molecule has 0 unspecified atom stereocenters. The minimum Gasteiger partial charge on any atom is -0.496 e. The fourth-order valence-electron chi connectivity index (χ4n) is 3.30. The summed E-state index contributed by atoms with van der Waals surface area (Å²) in [7, 11) is 1.61. The van der Waals surface area contributed by atoms with E-state index >= 15 is 0 Å². The molecule has 25 heavy (non-hydrogen) atoms. The Balaban J connectivity index is 1.63. The molecule has 0 atom stereocenters. The number of ether oxygens (including phenoxy) is 1. The fourth-order valence-corrected chi connectivity index (χ4v) is 3.30. The highest BCUT2D eigenvalue weighted by Crippen LogP contribution is 2.22. The molecule has 1 heterocycles. The predicted octanol–water partition coefficient (Wildman–Crippen LogP) is 3.27. The van der Waals surface area contributed by atoms with E-state index < -0.39 is 0 Å². The second kappa shape index (κ2) is 7.70. The van der Waals surface area contributed by atoms with Crippen LogP contribution in [-0.2, 0) is 6.54 Å². The third kappa shape index (κ3) is 4.02. The van der Waals surface area contributed by atoms with Gasteiger partial charge in [0, 0.05) is 32.7 Å². The molecule has 2 aromatic carbocycles. The van der Waals surface area contributed by atoms with E-state index in [9.17, 15) is 4.79 Å². The molecular weight excluding hydrogens is 312 g/mol. The Morgan fingerprint density at radius 2 is 1.76 bits per heavy atom. The summed E-state index contributed by atoms with van der Waals surface area (Å²) in [5, 5.41) is 0. The molecule has 0 saturated carbocycles. The Morgan fingerprint density at radius 3 is 2.44 bits per heavy atom. The van der Waals surface area contributed by atoms with Crippen molar-refractivity contribution in [2.75, 3.05) is 33.3 Å². The maximum absolute atomic E-state index is 12.9. The average Bonchev–Trinajstić information content (AvgIpc) is 2.63. The van der Waals surface area contributed by atoms with Crippen LogP contribution in [0.4, 0.5) is 0 Å². The summed E-state index contributed by atoms with van der Waals surface area (Å²) >= 11 is 0. The molecule has 1 amide bonds. The largest absolute Gasteiger partial charge is 0.496 e. The monoisotopic (exact) mass is 338 g/mol. The molecule has 1 aliphatic rings. The van der Waals surface area contributed by atoms with Crippen LogP contribution in [0.2, 0.25) is 0 Å². The van der Waals surface area contributed by atoms with Crippen molar-refractivity contribution >= 4 is 5.91 Å². The Bertz CT molecular complexity index is 749. The quantitative estimate of drug-likeness (QED) is 0.858. The zero-order valence-electron chi connectivity index (χ0n) is 15.3. The molecule has 4 heteroatoms. The van der Waals surface area contributed by atoms with E-state index in [0.717, 1.165) is 38.3 Å². The zero-order chi connectivity index (χ0) is 17.8. The smallest absolute Gasteiger partial charge is 0.257 e. The highest BCUT2D eigenvalue weighted by atomic mass is 16.5. The topological polar surface area (TPSA) is 32.8 Å². The summed E-state index contributed by atoms with van der Waals surface area (Å²) in [6.45, 7) is 8.39. The van der Waals surface area contributed by atoms with Crippen LogP contribution >= 0.6 is 0 Å². The minimum absolute atomic E-state index is 0.0658. The third-order valence-corrected chi connectivity index (χ3v) is 4.90. The van der Waals surface area contributed by atoms with E-state index in [0.29, 0.717) is 11.3 Å². The first kappa shape index (κ1) is 17.5. The van der Waals surface area contributed by atoms with Crippen LogP contribution in [0.5, 0.6) is 5.75 Å². The second-order valence-electron chi connectivity index (χ2n) is 6.70. The van der Waals surface area contributed by atoms with E-state index in [1.165, 1.54) is 11.1 Å². The van der Waals surface area contributed by atoms with Crippen LogP contribution in [0, 0.1) is 13.8 Å². The zero-order valence-corrected chi connectivity index (χ0v) is 15.3. The maximum atomic E-state index is 12.9. The first-order valence-corrected chi connectivity index (χ1v) is 8.79. The van der Waals surface area contributed by atoms with Gasteiger partial charge in [-0.3, -0.25) is 9.69 Å². The number of hydrogen-bond acceptors (Lipinski definition) is 3. The summed E-state index contributed by atoms with van der Waals surface area (Å²) in [4.78, 5) is 17.2. The molecule has 0 radical (unpaired) electrons. The van der Waals surface area contributed by atoms with Crippen molar-refractivity contribution in [1.29, 1.82) is 0 Å². The third-order valence-electron chi connectivity index (χ3n) is 4.90. The number of benzene rings is 2. The van der Waals surface area contributed by atoms with E-state index in [2.05, 4.69) is 36.1 Å². The van der Waals surface area contributed by atoms with Crippen molar-refractivity contribution < 1.29 is 9.53 Å². The number of hydrogen-bond donors (Lipinski definition) is 0. The number of carbonyl (C=O) groups excluding carboxylic acids is 1. The lowest BCUT2D eigenvalue weighted by atomic mass is 10.1. The van der Waals surface area contributed by atoms with Crippen LogP contribution < -0.4 is 4.74 Å². The molecule has 0 spiro atoms. The number of nitrogens with zero attached hydrogens (tertiary/aromatic N) is 2. The molecule has 3 rings (SSSR count). The summed E-state index contributed by atoms with van der Waals surface area (Å²) < 4.78 is 5.37. The van der Waals surface area contributed by atoms with Gasteiger partial charge in [0.1, 0.15) is 5.75 Å². The van der Waals surface area contributed by atoms with Crippen LogP contribution in [0.25, 0.3) is 0 Å². The van der Waals surface area contributed by atoms with E-state index in [1.807, 2.05) is 30.0 Å². The molecule has 4 nitrogen and oxygen atoms in total. The van der Waals surface area contributed by atoms with Gasteiger partial charge in [-0.15, -0.1) is 0 Å². The van der Waals surface area contributed by atoms with Crippen molar-refractivity contribution in [2.45, 2.75) is 20.4 Å². The second-order valence-corrected chi connectivity index (χ2v) is 6.70. The van der Waals surface area contributed by atoms with Crippen molar-refractivity contribution in [2.24, 2.45) is 0 Å². The van der Waals surface area contributed by atoms with Gasteiger partial charge in [-0.1, -0.05) is 35.9 Å². The van der Waals surface area contributed by atoms with Crippen LogP contribution in [0.1, 0.15) is 27.0 Å². The molecule has 2 aromatic rings. The molecule has 1 saturated heterocycles. The Hall–Kier alpha value is -2.33. The predicted molar refractivity (Wildman–Crippen MR) is 100 cm³/mol. The summed E-state index contributed by atoms with van der Waals surface area (Å²) in [5.41, 5.74) is 4.42. The summed E-state index contributed by atoms with van der Waals surface area (Å²) in [6, 6.07) is 14.3. The van der Waals surface area contributed by atoms with Crippen molar-refractivity contribution in [3.8, 4) is 5.75 Å². The number of carbonyl (C=O) groups is 1. The normalized spacial score (nSPS) is 15.2. The van der Waals surface area contributed by atoms with Gasteiger partial charge in [0.25, 0.3) is 5.91 Å². The number of methoxy groups -OCH3 is 1. The summed E-state index contributed by atoms with van der Waals surface area (Å²) in [5.74, 6) is 0.717. The van der Waals surface area contributed by atoms with Gasteiger partial charge in [-0.05, 0) is 37.1 Å². The van der Waals surface area contributed by atoms with Crippen molar-refractivity contribution in [3.63, 3.8) is 0 Å². The van der Waals surface area contributed by atoms with Crippen molar-refractivity contribution in [1.82, 2.24) is 9.80 Å². The molecule has 1 aliphatic heterocycles. The lowest BCUT2D eigenvalue weighted by Gasteiger charge is -2.35. The molecule has 0 N–H and O–H groups in total. The minimum atomic E-state index is 0.0658. The number of piperazine rings is 1. The molecular formula is C21H26N2O2. The van der Waals surface area contributed by atoms with Crippen LogP contribution in [0.3, 0.4) is 0 Å². The van der Waals surface area contributed by atoms with Gasteiger partial charge >= 0.3 is 0 Å². The Morgan fingerprint density at radius 1 is 1.04 bits per heavy atom. The standard InChI is InChI=1S/C21H26N2O2/c1-16-8-9-20(25-3)19(14-16)21(24)23-12-10-22(11-13-23)15-18-7-5-4-6-17(18)2/h4-9,14H,10-13,15H2,1-3H3. The summed E-state index contributed by atoms with van der Waals surface area (Å²) in [6.07, 6.45) is 0.